The maximum atomic E-state index is 12.3. The van der Waals surface area contributed by atoms with Crippen molar-refractivity contribution in [2.24, 2.45) is 0 Å². The second kappa shape index (κ2) is 8.44. The first kappa shape index (κ1) is 19.2. The third-order valence-electron chi connectivity index (χ3n) is 3.78. The van der Waals surface area contributed by atoms with E-state index in [0.717, 1.165) is 11.1 Å². The van der Waals surface area contributed by atoms with Gasteiger partial charge in [0.15, 0.2) is 0 Å². The number of likely N-dealkylation sites (N-methyl/N-ethyl adjacent to an activating group) is 1. The lowest BCUT2D eigenvalue weighted by atomic mass is 10.2. The molecule has 1 saturated heterocycles. The standard InChI is InChI=1S/C19H15Cl2NO2S2/c1-2-22-18(23)17(26-19(22)25)10-12-7-8-16(15(21)9-12)24-11-13-5-3-4-6-14(13)20/h3-10H,2,11H2,1H3/b17-10-. The van der Waals surface area contributed by atoms with Crippen molar-refractivity contribution < 1.29 is 9.53 Å². The molecule has 1 amide bonds. The number of ether oxygens (including phenoxy) is 1. The highest BCUT2D eigenvalue weighted by Gasteiger charge is 2.30. The molecule has 3 nitrogen and oxygen atoms in total. The average Bonchev–Trinajstić information content (AvgIpc) is 2.88. The Morgan fingerprint density at radius 1 is 1.19 bits per heavy atom. The predicted octanol–water partition coefficient (Wildman–Crippen LogP) is 5.79. The molecular weight excluding hydrogens is 409 g/mol. The Bertz CT molecular complexity index is 899. The number of thiocarbonyl (C=S) groups is 1. The SMILES string of the molecule is CCN1C(=O)/C(=C/c2ccc(OCc3ccccc3Cl)c(Cl)c2)SC1=S. The van der Waals surface area contributed by atoms with Crippen LogP contribution in [0.4, 0.5) is 0 Å². The molecule has 3 rings (SSSR count). The van der Waals surface area contributed by atoms with E-state index in [-0.39, 0.29) is 5.91 Å². The van der Waals surface area contributed by atoms with Crippen LogP contribution in [0.1, 0.15) is 18.1 Å². The molecule has 1 heterocycles. The molecule has 134 valence electrons. The topological polar surface area (TPSA) is 29.5 Å². The Hall–Kier alpha value is -1.53. The van der Waals surface area contributed by atoms with E-state index in [1.165, 1.54) is 11.8 Å². The zero-order valence-corrected chi connectivity index (χ0v) is 17.0. The van der Waals surface area contributed by atoms with Crippen LogP contribution in [-0.2, 0) is 11.4 Å². The molecule has 1 aliphatic rings. The van der Waals surface area contributed by atoms with Gasteiger partial charge < -0.3 is 4.74 Å². The maximum absolute atomic E-state index is 12.3. The number of nitrogens with zero attached hydrogens (tertiary/aromatic N) is 1. The van der Waals surface area contributed by atoms with E-state index in [0.29, 0.717) is 38.2 Å². The first-order valence-corrected chi connectivity index (χ1v) is 9.88. The molecule has 0 unspecified atom stereocenters. The summed E-state index contributed by atoms with van der Waals surface area (Å²) in [5, 5.41) is 1.12. The summed E-state index contributed by atoms with van der Waals surface area (Å²) in [5.74, 6) is 0.488. The van der Waals surface area contributed by atoms with E-state index >= 15 is 0 Å². The lowest BCUT2D eigenvalue weighted by Crippen LogP contribution is -2.27. The number of amides is 1. The monoisotopic (exact) mass is 423 g/mol. The van der Waals surface area contributed by atoms with Gasteiger partial charge in [0.05, 0.1) is 9.93 Å². The number of benzene rings is 2. The zero-order valence-electron chi connectivity index (χ0n) is 13.9. The fourth-order valence-corrected chi connectivity index (χ4v) is 4.24. The van der Waals surface area contributed by atoms with Crippen molar-refractivity contribution in [1.29, 1.82) is 0 Å². The van der Waals surface area contributed by atoms with Gasteiger partial charge in [-0.2, -0.15) is 0 Å². The van der Waals surface area contributed by atoms with E-state index in [2.05, 4.69) is 0 Å². The minimum absolute atomic E-state index is 0.0716. The van der Waals surface area contributed by atoms with Crippen LogP contribution in [0, 0.1) is 0 Å². The van der Waals surface area contributed by atoms with Gasteiger partial charge in [-0.15, -0.1) is 0 Å². The quantitative estimate of drug-likeness (QED) is 0.449. The number of carbonyl (C=O) groups excluding carboxylic acids is 1. The third kappa shape index (κ3) is 4.23. The average molecular weight is 424 g/mol. The van der Waals surface area contributed by atoms with Gasteiger partial charge in [0.1, 0.15) is 16.7 Å². The van der Waals surface area contributed by atoms with Crippen LogP contribution in [0.2, 0.25) is 10.0 Å². The van der Waals surface area contributed by atoms with Crippen LogP contribution >= 0.6 is 47.2 Å². The van der Waals surface area contributed by atoms with Gasteiger partial charge in [-0.25, -0.2) is 0 Å². The van der Waals surface area contributed by atoms with Crippen molar-refractivity contribution in [3.8, 4) is 5.75 Å². The number of carbonyl (C=O) groups is 1. The summed E-state index contributed by atoms with van der Waals surface area (Å²) in [6.07, 6.45) is 1.79. The Labute approximate surface area is 171 Å². The van der Waals surface area contributed by atoms with Crippen LogP contribution in [0.15, 0.2) is 47.4 Å². The molecule has 26 heavy (non-hydrogen) atoms. The number of rotatable bonds is 5. The van der Waals surface area contributed by atoms with Gasteiger partial charge in [-0.3, -0.25) is 9.69 Å². The summed E-state index contributed by atoms with van der Waals surface area (Å²) in [6.45, 7) is 2.79. The van der Waals surface area contributed by atoms with Crippen LogP contribution in [0.5, 0.6) is 5.75 Å². The fraction of sp³-hybridized carbons (Fsp3) is 0.158. The van der Waals surface area contributed by atoms with Crippen molar-refractivity contribution in [1.82, 2.24) is 4.90 Å². The Morgan fingerprint density at radius 3 is 2.62 bits per heavy atom. The minimum atomic E-state index is -0.0716. The molecule has 0 N–H and O–H groups in total. The first-order chi connectivity index (χ1) is 12.5. The second-order valence-electron chi connectivity index (χ2n) is 5.50. The van der Waals surface area contributed by atoms with Crippen molar-refractivity contribution in [2.45, 2.75) is 13.5 Å². The van der Waals surface area contributed by atoms with E-state index in [4.69, 9.17) is 40.2 Å². The van der Waals surface area contributed by atoms with Gasteiger partial charge in [0, 0.05) is 17.1 Å². The largest absolute Gasteiger partial charge is 0.487 e. The van der Waals surface area contributed by atoms with Crippen LogP contribution in [0.25, 0.3) is 6.08 Å². The minimum Gasteiger partial charge on any atom is -0.487 e. The number of hydrogen-bond donors (Lipinski definition) is 0. The van der Waals surface area contributed by atoms with Gasteiger partial charge in [0.25, 0.3) is 5.91 Å². The summed E-state index contributed by atoms with van der Waals surface area (Å²) in [7, 11) is 0. The van der Waals surface area contributed by atoms with Gasteiger partial charge in [-0.1, -0.05) is 71.4 Å². The van der Waals surface area contributed by atoms with Crippen molar-refractivity contribution in [3.05, 3.63) is 68.5 Å². The van der Waals surface area contributed by atoms with Crippen LogP contribution in [-0.4, -0.2) is 21.7 Å². The summed E-state index contributed by atoms with van der Waals surface area (Å²) >= 11 is 19.0. The summed E-state index contributed by atoms with van der Waals surface area (Å²) in [4.78, 5) is 14.4. The van der Waals surface area contributed by atoms with Crippen molar-refractivity contribution in [2.75, 3.05) is 6.54 Å². The first-order valence-electron chi connectivity index (χ1n) is 7.90. The predicted molar refractivity (Wildman–Crippen MR) is 113 cm³/mol. The molecule has 7 heteroatoms. The molecule has 0 aromatic heterocycles. The van der Waals surface area contributed by atoms with Crippen molar-refractivity contribution >= 4 is 63.5 Å². The van der Waals surface area contributed by atoms with E-state index in [1.807, 2.05) is 37.3 Å². The maximum Gasteiger partial charge on any atom is 0.266 e. The molecule has 2 aromatic carbocycles. The Morgan fingerprint density at radius 2 is 1.96 bits per heavy atom. The van der Waals surface area contributed by atoms with Crippen LogP contribution in [0.3, 0.4) is 0 Å². The molecule has 0 atom stereocenters. The highest BCUT2D eigenvalue weighted by molar-refractivity contribution is 8.26. The molecule has 1 aliphatic heterocycles. The van der Waals surface area contributed by atoms with Crippen LogP contribution < -0.4 is 4.74 Å². The lowest BCUT2D eigenvalue weighted by Gasteiger charge is -2.10. The molecule has 0 spiro atoms. The second-order valence-corrected chi connectivity index (χ2v) is 7.99. The summed E-state index contributed by atoms with van der Waals surface area (Å²) in [5.41, 5.74) is 1.70. The number of hydrogen-bond acceptors (Lipinski definition) is 4. The number of halogens is 2. The molecule has 0 aliphatic carbocycles. The van der Waals surface area contributed by atoms with Gasteiger partial charge in [-0.05, 0) is 36.8 Å². The highest BCUT2D eigenvalue weighted by Crippen LogP contribution is 2.34. The van der Waals surface area contributed by atoms with E-state index in [9.17, 15) is 4.79 Å². The molecule has 0 saturated carbocycles. The third-order valence-corrected chi connectivity index (χ3v) is 5.83. The normalized spacial score (nSPS) is 15.8. The molecule has 2 aromatic rings. The highest BCUT2D eigenvalue weighted by atomic mass is 35.5. The van der Waals surface area contributed by atoms with Crippen molar-refractivity contribution in [3.63, 3.8) is 0 Å². The lowest BCUT2D eigenvalue weighted by molar-refractivity contribution is -0.121. The molecule has 0 bridgehead atoms. The fourth-order valence-electron chi connectivity index (χ4n) is 2.42. The molecule has 1 fully saturated rings. The zero-order chi connectivity index (χ0) is 18.7. The molecular formula is C19H15Cl2NO2S2. The Balaban J connectivity index is 1.74. The van der Waals surface area contributed by atoms with E-state index < -0.39 is 0 Å². The van der Waals surface area contributed by atoms with Gasteiger partial charge in [0.2, 0.25) is 0 Å². The van der Waals surface area contributed by atoms with Gasteiger partial charge >= 0.3 is 0 Å². The smallest absolute Gasteiger partial charge is 0.266 e. The molecule has 0 radical (unpaired) electrons. The summed E-state index contributed by atoms with van der Waals surface area (Å²) < 4.78 is 6.34. The summed E-state index contributed by atoms with van der Waals surface area (Å²) in [6, 6.07) is 12.9. The number of thioether (sulfide) groups is 1. The van der Waals surface area contributed by atoms with E-state index in [1.54, 1.807) is 23.1 Å². The Kier molecular flexibility index (Phi) is 6.24.